The van der Waals surface area contributed by atoms with Crippen LogP contribution in [0.25, 0.3) is 0 Å². The first-order chi connectivity index (χ1) is 9.66. The lowest BCUT2D eigenvalue weighted by Gasteiger charge is -2.53. The van der Waals surface area contributed by atoms with Gasteiger partial charge in [-0.1, -0.05) is 18.2 Å². The number of halogens is 1. The van der Waals surface area contributed by atoms with Crippen molar-refractivity contribution in [1.82, 2.24) is 0 Å². The van der Waals surface area contributed by atoms with Crippen molar-refractivity contribution in [3.05, 3.63) is 35.6 Å². The van der Waals surface area contributed by atoms with Gasteiger partial charge in [0.05, 0.1) is 24.4 Å². The second-order valence-corrected chi connectivity index (χ2v) is 6.80. The first-order valence-corrected chi connectivity index (χ1v) is 7.68. The third kappa shape index (κ3) is 1.91. The van der Waals surface area contributed by atoms with Crippen molar-refractivity contribution in [2.45, 2.75) is 57.0 Å². The van der Waals surface area contributed by atoms with Gasteiger partial charge in [-0.15, -0.1) is 0 Å². The van der Waals surface area contributed by atoms with Crippen LogP contribution in [0.5, 0.6) is 0 Å². The third-order valence-electron chi connectivity index (χ3n) is 5.56. The van der Waals surface area contributed by atoms with Crippen molar-refractivity contribution in [1.29, 1.82) is 0 Å². The topological polar surface area (TPSA) is 18.5 Å². The average molecular weight is 276 g/mol. The van der Waals surface area contributed by atoms with Crippen LogP contribution in [0.3, 0.4) is 0 Å². The molecule has 5 rings (SSSR count). The minimum atomic E-state index is -0.181. The lowest BCUT2D eigenvalue weighted by molar-refractivity contribution is -0.251. The lowest BCUT2D eigenvalue weighted by atomic mass is 9.68. The molecule has 5 atom stereocenters. The highest BCUT2D eigenvalue weighted by molar-refractivity contribution is 5.16. The summed E-state index contributed by atoms with van der Waals surface area (Å²) in [4.78, 5) is 0. The maximum Gasteiger partial charge on any atom is 0.128 e. The monoisotopic (exact) mass is 276 g/mol. The molecule has 108 valence electrons. The Hall–Kier alpha value is -0.930. The van der Waals surface area contributed by atoms with Gasteiger partial charge in [-0.05, 0) is 50.5 Å². The fourth-order valence-corrected chi connectivity index (χ4v) is 4.52. The molecule has 1 aromatic carbocycles. The minimum Gasteiger partial charge on any atom is -0.370 e. The Kier molecular flexibility index (Phi) is 2.90. The summed E-state index contributed by atoms with van der Waals surface area (Å²) in [6.07, 6.45) is 5.27. The molecule has 2 saturated heterocycles. The van der Waals surface area contributed by atoms with Crippen LogP contribution in [-0.2, 0) is 16.1 Å². The van der Waals surface area contributed by atoms with E-state index in [1.165, 1.54) is 18.9 Å². The van der Waals surface area contributed by atoms with E-state index in [2.05, 4.69) is 6.92 Å². The van der Waals surface area contributed by atoms with Gasteiger partial charge in [0.25, 0.3) is 0 Å². The molecule has 4 fully saturated rings. The van der Waals surface area contributed by atoms with E-state index in [1.807, 2.05) is 6.07 Å². The molecule has 2 saturated carbocycles. The number of hydrogen-bond acceptors (Lipinski definition) is 2. The van der Waals surface area contributed by atoms with Crippen molar-refractivity contribution >= 4 is 0 Å². The summed E-state index contributed by atoms with van der Waals surface area (Å²) in [5, 5.41) is 0. The van der Waals surface area contributed by atoms with Crippen LogP contribution in [0.1, 0.15) is 38.2 Å². The van der Waals surface area contributed by atoms with Crippen molar-refractivity contribution in [2.75, 3.05) is 0 Å². The Balaban J connectivity index is 1.47. The Labute approximate surface area is 119 Å². The highest BCUT2D eigenvalue weighted by Crippen LogP contribution is 2.55. The summed E-state index contributed by atoms with van der Waals surface area (Å²) >= 11 is 0. The van der Waals surface area contributed by atoms with Gasteiger partial charge in [0.2, 0.25) is 0 Å². The summed E-state index contributed by atoms with van der Waals surface area (Å²) in [5.74, 6) is 1.31. The summed E-state index contributed by atoms with van der Waals surface area (Å²) in [7, 11) is 0. The third-order valence-corrected chi connectivity index (χ3v) is 5.56. The van der Waals surface area contributed by atoms with E-state index in [9.17, 15) is 4.39 Å². The number of ether oxygens (including phenoxy) is 2. The summed E-state index contributed by atoms with van der Waals surface area (Å²) in [6.45, 7) is 2.53. The molecule has 0 aromatic heterocycles. The molecule has 20 heavy (non-hydrogen) atoms. The molecule has 0 radical (unpaired) electrons. The summed E-state index contributed by atoms with van der Waals surface area (Å²) < 4.78 is 26.0. The van der Waals surface area contributed by atoms with Crippen LogP contribution < -0.4 is 0 Å². The molecule has 2 aliphatic carbocycles. The molecule has 4 bridgehead atoms. The fourth-order valence-electron chi connectivity index (χ4n) is 4.52. The lowest BCUT2D eigenvalue weighted by Crippen LogP contribution is -2.58. The zero-order valence-corrected chi connectivity index (χ0v) is 11.8. The van der Waals surface area contributed by atoms with Gasteiger partial charge >= 0.3 is 0 Å². The SMILES string of the molecule is C[C@@]12C[C@@H]3CCC(O1)C3C[C@@H]2OCc1ccccc1F. The van der Waals surface area contributed by atoms with Gasteiger partial charge in [-0.3, -0.25) is 0 Å². The van der Waals surface area contributed by atoms with Gasteiger partial charge in [0, 0.05) is 5.56 Å². The largest absolute Gasteiger partial charge is 0.370 e. The number of benzene rings is 1. The quantitative estimate of drug-likeness (QED) is 0.838. The van der Waals surface area contributed by atoms with Crippen LogP contribution in [0.2, 0.25) is 0 Å². The van der Waals surface area contributed by atoms with Gasteiger partial charge in [-0.25, -0.2) is 4.39 Å². The highest BCUT2D eigenvalue weighted by Gasteiger charge is 2.57. The van der Waals surface area contributed by atoms with Crippen LogP contribution in [0, 0.1) is 17.7 Å². The number of fused-ring (bicyclic) bond motifs is 1. The molecule has 0 spiro atoms. The van der Waals surface area contributed by atoms with Gasteiger partial charge in [0.1, 0.15) is 5.82 Å². The first-order valence-electron chi connectivity index (χ1n) is 7.68. The van der Waals surface area contributed by atoms with Crippen molar-refractivity contribution in [2.24, 2.45) is 11.8 Å². The molecular formula is C17H21FO2. The molecule has 1 aromatic rings. The summed E-state index contributed by atoms with van der Waals surface area (Å²) in [5.41, 5.74) is 0.478. The molecule has 2 aliphatic heterocycles. The smallest absolute Gasteiger partial charge is 0.128 e. The van der Waals surface area contributed by atoms with E-state index in [1.54, 1.807) is 12.1 Å². The van der Waals surface area contributed by atoms with Crippen molar-refractivity contribution < 1.29 is 13.9 Å². The van der Waals surface area contributed by atoms with E-state index >= 15 is 0 Å². The fraction of sp³-hybridized carbons (Fsp3) is 0.647. The Morgan fingerprint density at radius 3 is 2.95 bits per heavy atom. The average Bonchev–Trinajstić information content (AvgIpc) is 2.71. The van der Waals surface area contributed by atoms with E-state index in [4.69, 9.17) is 9.47 Å². The number of hydrogen-bond donors (Lipinski definition) is 0. The van der Waals surface area contributed by atoms with Gasteiger partial charge < -0.3 is 9.47 Å². The molecule has 4 aliphatic rings. The zero-order chi connectivity index (χ0) is 13.7. The molecule has 2 nitrogen and oxygen atoms in total. The standard InChI is InChI=1S/C17H21FO2/c1-17-9-11-6-7-15(20-17)13(11)8-16(17)19-10-12-4-2-3-5-14(12)18/h2-5,11,13,15-16H,6-10H2,1H3/t11-,13?,15?,16-,17-/m0/s1. The van der Waals surface area contributed by atoms with E-state index in [0.29, 0.717) is 24.2 Å². The molecule has 3 heteroatoms. The predicted octanol–water partition coefficient (Wildman–Crippen LogP) is 3.69. The van der Waals surface area contributed by atoms with Crippen LogP contribution >= 0.6 is 0 Å². The van der Waals surface area contributed by atoms with E-state index < -0.39 is 0 Å². The molecular weight excluding hydrogens is 255 g/mol. The van der Waals surface area contributed by atoms with Crippen LogP contribution in [0.15, 0.2) is 24.3 Å². The molecule has 2 heterocycles. The highest BCUT2D eigenvalue weighted by atomic mass is 19.1. The number of rotatable bonds is 3. The predicted molar refractivity (Wildman–Crippen MR) is 73.7 cm³/mol. The van der Waals surface area contributed by atoms with Crippen molar-refractivity contribution in [3.8, 4) is 0 Å². The molecule has 0 amide bonds. The van der Waals surface area contributed by atoms with Gasteiger partial charge in [0.15, 0.2) is 0 Å². The van der Waals surface area contributed by atoms with Crippen LogP contribution in [0.4, 0.5) is 4.39 Å². The second kappa shape index (κ2) is 4.54. The minimum absolute atomic E-state index is 0.109. The molecule has 2 unspecified atom stereocenters. The summed E-state index contributed by atoms with van der Waals surface area (Å²) in [6, 6.07) is 6.85. The second-order valence-electron chi connectivity index (χ2n) is 6.80. The van der Waals surface area contributed by atoms with Crippen LogP contribution in [-0.4, -0.2) is 17.8 Å². The Morgan fingerprint density at radius 1 is 1.35 bits per heavy atom. The normalized spacial score (nSPS) is 42.1. The maximum atomic E-state index is 13.6. The maximum absolute atomic E-state index is 13.6. The zero-order valence-electron chi connectivity index (χ0n) is 11.8. The van der Waals surface area contributed by atoms with Gasteiger partial charge in [-0.2, -0.15) is 0 Å². The molecule has 0 N–H and O–H groups in total. The Morgan fingerprint density at radius 2 is 2.20 bits per heavy atom. The van der Waals surface area contributed by atoms with E-state index in [0.717, 1.165) is 18.8 Å². The van der Waals surface area contributed by atoms with E-state index in [-0.39, 0.29) is 17.5 Å². The van der Waals surface area contributed by atoms with Crippen molar-refractivity contribution in [3.63, 3.8) is 0 Å². The Bertz CT molecular complexity index is 501. The first kappa shape index (κ1) is 12.8.